The summed E-state index contributed by atoms with van der Waals surface area (Å²) in [7, 11) is -4.21. The Labute approximate surface area is 139 Å². The van der Waals surface area contributed by atoms with E-state index in [1.807, 2.05) is 0 Å². The highest BCUT2D eigenvalue weighted by molar-refractivity contribution is 7.89. The van der Waals surface area contributed by atoms with Crippen LogP contribution in [0.25, 0.3) is 0 Å². The van der Waals surface area contributed by atoms with Crippen LogP contribution in [0, 0.1) is 0 Å². The number of nitrogens with zero attached hydrogens (tertiary/aromatic N) is 1. The Balaban J connectivity index is 3.10. The summed E-state index contributed by atoms with van der Waals surface area (Å²) >= 11 is 0. The monoisotopic (exact) mass is 366 g/mol. The van der Waals surface area contributed by atoms with Crippen LogP contribution in [0.2, 0.25) is 0 Å². The fourth-order valence-corrected chi connectivity index (χ4v) is 3.42. The molecular formula is C15H21F3N2O3S. The summed E-state index contributed by atoms with van der Waals surface area (Å²) in [5, 5.41) is 2.62. The van der Waals surface area contributed by atoms with Gasteiger partial charge in [-0.1, -0.05) is 13.0 Å². The van der Waals surface area contributed by atoms with Gasteiger partial charge >= 0.3 is 6.18 Å². The maximum absolute atomic E-state index is 12.8. The number of carbonyl (C=O) groups excluding carboxylic acids is 1. The van der Waals surface area contributed by atoms with E-state index in [9.17, 15) is 26.4 Å². The molecule has 1 N–H and O–H groups in total. The molecule has 0 fully saturated rings. The van der Waals surface area contributed by atoms with Crippen LogP contribution in [-0.4, -0.2) is 37.3 Å². The Kier molecular flexibility index (Phi) is 6.05. The minimum absolute atomic E-state index is 0.0455. The number of rotatable bonds is 5. The third kappa shape index (κ3) is 5.48. The van der Waals surface area contributed by atoms with Gasteiger partial charge in [0.25, 0.3) is 0 Å². The molecule has 1 aromatic rings. The highest BCUT2D eigenvalue weighted by Gasteiger charge is 2.33. The van der Waals surface area contributed by atoms with Crippen molar-refractivity contribution >= 4 is 15.9 Å². The summed E-state index contributed by atoms with van der Waals surface area (Å²) in [6.45, 7) is 6.21. The molecular weight excluding hydrogens is 345 g/mol. The highest BCUT2D eigenvalue weighted by Crippen LogP contribution is 2.31. The first-order chi connectivity index (χ1) is 10.8. The van der Waals surface area contributed by atoms with Gasteiger partial charge in [0, 0.05) is 12.1 Å². The van der Waals surface area contributed by atoms with E-state index in [2.05, 4.69) is 5.32 Å². The fraction of sp³-hybridized carbons (Fsp3) is 0.533. The lowest BCUT2D eigenvalue weighted by Crippen LogP contribution is -2.47. The van der Waals surface area contributed by atoms with Crippen molar-refractivity contribution in [2.24, 2.45) is 0 Å². The normalized spacial score (nSPS) is 13.2. The van der Waals surface area contributed by atoms with Gasteiger partial charge in [-0.25, -0.2) is 8.42 Å². The number of alkyl halides is 3. The van der Waals surface area contributed by atoms with Gasteiger partial charge in [-0.2, -0.15) is 17.5 Å². The van der Waals surface area contributed by atoms with Crippen LogP contribution in [0.1, 0.15) is 33.3 Å². The van der Waals surface area contributed by atoms with Crippen LogP contribution in [0.3, 0.4) is 0 Å². The standard InChI is InChI=1S/C15H21F3N2O3S/c1-5-20(10-13(21)19-14(2,3)4)24(22,23)12-8-6-7-11(9-12)15(16,17)18/h6-9H,5,10H2,1-4H3,(H,19,21). The Morgan fingerprint density at radius 2 is 1.79 bits per heavy atom. The average molecular weight is 366 g/mol. The molecule has 0 aliphatic rings. The molecule has 0 unspecified atom stereocenters. The number of carbonyl (C=O) groups is 1. The van der Waals surface area contributed by atoms with Gasteiger partial charge < -0.3 is 5.32 Å². The molecule has 1 rings (SSSR count). The summed E-state index contributed by atoms with van der Waals surface area (Å²) in [5.74, 6) is -0.528. The van der Waals surface area contributed by atoms with Crippen molar-refractivity contribution in [3.63, 3.8) is 0 Å². The second-order valence-electron chi connectivity index (χ2n) is 6.25. The molecule has 0 bridgehead atoms. The van der Waals surface area contributed by atoms with Crippen molar-refractivity contribution in [1.82, 2.24) is 9.62 Å². The summed E-state index contributed by atoms with van der Waals surface area (Å²) in [6, 6.07) is 3.47. The van der Waals surface area contributed by atoms with Crippen LogP contribution in [0.5, 0.6) is 0 Å². The number of halogens is 3. The number of hydrogen-bond donors (Lipinski definition) is 1. The van der Waals surface area contributed by atoms with Crippen LogP contribution in [-0.2, 0) is 21.0 Å². The third-order valence-electron chi connectivity index (χ3n) is 2.99. The number of nitrogens with one attached hydrogen (secondary N) is 1. The molecule has 0 heterocycles. The van der Waals surface area contributed by atoms with Crippen molar-refractivity contribution in [2.45, 2.75) is 44.3 Å². The number of amides is 1. The predicted octanol–water partition coefficient (Wildman–Crippen LogP) is 2.63. The number of sulfonamides is 1. The largest absolute Gasteiger partial charge is 0.416 e. The van der Waals surface area contributed by atoms with Crippen LogP contribution in [0.15, 0.2) is 29.2 Å². The Hall–Kier alpha value is -1.61. The lowest BCUT2D eigenvalue weighted by Gasteiger charge is -2.24. The second kappa shape index (κ2) is 7.10. The number of benzene rings is 1. The smallest absolute Gasteiger partial charge is 0.350 e. The Morgan fingerprint density at radius 3 is 2.25 bits per heavy atom. The number of likely N-dealkylation sites (N-methyl/N-ethyl adjacent to an activating group) is 1. The van der Waals surface area contributed by atoms with Gasteiger partial charge in [-0.05, 0) is 39.0 Å². The van der Waals surface area contributed by atoms with E-state index in [1.165, 1.54) is 6.92 Å². The van der Waals surface area contributed by atoms with Gasteiger partial charge in [-0.3, -0.25) is 4.79 Å². The molecule has 0 aliphatic carbocycles. The van der Waals surface area contributed by atoms with Crippen LogP contribution in [0.4, 0.5) is 13.2 Å². The summed E-state index contributed by atoms with van der Waals surface area (Å²) < 4.78 is 64.2. The third-order valence-corrected chi connectivity index (χ3v) is 4.90. The van der Waals surface area contributed by atoms with Crippen LogP contribution >= 0.6 is 0 Å². The molecule has 1 amide bonds. The summed E-state index contributed by atoms with van der Waals surface area (Å²) in [4.78, 5) is 11.4. The van der Waals surface area contributed by atoms with E-state index in [4.69, 9.17) is 0 Å². The van der Waals surface area contributed by atoms with E-state index in [0.29, 0.717) is 6.07 Å². The van der Waals surface area contributed by atoms with Crippen molar-refractivity contribution in [2.75, 3.05) is 13.1 Å². The average Bonchev–Trinajstić information content (AvgIpc) is 2.42. The zero-order chi connectivity index (χ0) is 18.8. The molecule has 0 saturated carbocycles. The van der Waals surface area contributed by atoms with E-state index < -0.39 is 44.6 Å². The quantitative estimate of drug-likeness (QED) is 0.871. The summed E-state index contributed by atoms with van der Waals surface area (Å²) in [6.07, 6.45) is -4.65. The molecule has 0 aromatic heterocycles. The highest BCUT2D eigenvalue weighted by atomic mass is 32.2. The predicted molar refractivity (Wildman–Crippen MR) is 83.8 cm³/mol. The minimum Gasteiger partial charge on any atom is -0.350 e. The van der Waals surface area contributed by atoms with E-state index in [1.54, 1.807) is 20.8 Å². The minimum atomic E-state index is -4.65. The van der Waals surface area contributed by atoms with E-state index >= 15 is 0 Å². The van der Waals surface area contributed by atoms with Gasteiger partial charge in [0.1, 0.15) is 0 Å². The second-order valence-corrected chi connectivity index (χ2v) is 8.19. The molecule has 0 spiro atoms. The first-order valence-electron chi connectivity index (χ1n) is 7.26. The van der Waals surface area contributed by atoms with Gasteiger partial charge in [0.15, 0.2) is 0 Å². The number of hydrogen-bond acceptors (Lipinski definition) is 3. The Morgan fingerprint density at radius 1 is 1.21 bits per heavy atom. The molecule has 5 nitrogen and oxygen atoms in total. The Bertz CT molecular complexity index is 695. The van der Waals surface area contributed by atoms with Gasteiger partial charge in [-0.15, -0.1) is 0 Å². The maximum Gasteiger partial charge on any atom is 0.416 e. The first kappa shape index (κ1) is 20.4. The molecule has 9 heteroatoms. The first-order valence-corrected chi connectivity index (χ1v) is 8.70. The molecule has 1 aromatic carbocycles. The lowest BCUT2D eigenvalue weighted by atomic mass is 10.1. The molecule has 0 atom stereocenters. The van der Waals surface area contributed by atoms with Gasteiger partial charge in [0.05, 0.1) is 17.0 Å². The van der Waals surface area contributed by atoms with E-state index in [0.717, 1.165) is 22.5 Å². The molecule has 0 saturated heterocycles. The van der Waals surface area contributed by atoms with Crippen molar-refractivity contribution in [3.05, 3.63) is 29.8 Å². The maximum atomic E-state index is 12.8. The molecule has 136 valence electrons. The van der Waals surface area contributed by atoms with Crippen molar-refractivity contribution in [3.8, 4) is 0 Å². The SMILES string of the molecule is CCN(CC(=O)NC(C)(C)C)S(=O)(=O)c1cccc(C(F)(F)F)c1. The fourth-order valence-electron chi connectivity index (χ4n) is 1.97. The van der Waals surface area contributed by atoms with Crippen LogP contribution < -0.4 is 5.32 Å². The molecule has 0 radical (unpaired) electrons. The molecule has 0 aliphatic heterocycles. The molecule has 24 heavy (non-hydrogen) atoms. The zero-order valence-electron chi connectivity index (χ0n) is 13.9. The lowest BCUT2D eigenvalue weighted by molar-refractivity contribution is -0.137. The van der Waals surface area contributed by atoms with E-state index in [-0.39, 0.29) is 6.54 Å². The topological polar surface area (TPSA) is 66.5 Å². The summed E-state index contributed by atoms with van der Waals surface area (Å²) in [5.41, 5.74) is -1.60. The zero-order valence-corrected chi connectivity index (χ0v) is 14.8. The van der Waals surface area contributed by atoms with Crippen molar-refractivity contribution in [1.29, 1.82) is 0 Å². The van der Waals surface area contributed by atoms with Crippen molar-refractivity contribution < 1.29 is 26.4 Å². The van der Waals surface area contributed by atoms with Gasteiger partial charge in [0.2, 0.25) is 15.9 Å².